The highest BCUT2D eigenvalue weighted by Crippen LogP contribution is 2.31. The van der Waals surface area contributed by atoms with Gasteiger partial charge in [0.25, 0.3) is 0 Å². The molecule has 0 amide bonds. The van der Waals surface area contributed by atoms with Gasteiger partial charge in [-0.25, -0.2) is 15.2 Å². The minimum atomic E-state index is -0.335. The van der Waals surface area contributed by atoms with Crippen LogP contribution < -0.4 is 5.84 Å². The van der Waals surface area contributed by atoms with Gasteiger partial charge in [-0.2, -0.15) is 4.98 Å². The van der Waals surface area contributed by atoms with Crippen LogP contribution in [-0.4, -0.2) is 46.2 Å². The van der Waals surface area contributed by atoms with Crippen LogP contribution in [0.3, 0.4) is 0 Å². The fraction of sp³-hybridized carbons (Fsp3) is 0.286. The molecule has 0 bridgehead atoms. The Bertz CT molecular complexity index is 1050. The number of hydrogen-bond acceptors (Lipinski definition) is 6. The zero-order chi connectivity index (χ0) is 21.5. The molecule has 0 atom stereocenters. The van der Waals surface area contributed by atoms with E-state index < -0.39 is 0 Å². The maximum absolute atomic E-state index is 13.4. The number of hydrazine groups is 1. The van der Waals surface area contributed by atoms with Crippen molar-refractivity contribution in [2.75, 3.05) is 19.8 Å². The van der Waals surface area contributed by atoms with Gasteiger partial charge in [-0.15, -0.1) is 0 Å². The summed E-state index contributed by atoms with van der Waals surface area (Å²) in [7, 11) is 0. The van der Waals surface area contributed by atoms with Crippen molar-refractivity contribution in [3.8, 4) is 11.3 Å². The van der Waals surface area contributed by atoms with Gasteiger partial charge in [0.05, 0.1) is 5.70 Å². The van der Waals surface area contributed by atoms with Crippen LogP contribution in [0.5, 0.6) is 0 Å². The summed E-state index contributed by atoms with van der Waals surface area (Å²) in [6, 6.07) is 6.02. The summed E-state index contributed by atoms with van der Waals surface area (Å²) >= 11 is 0. The molecule has 1 aromatic carbocycles. The zero-order valence-corrected chi connectivity index (χ0v) is 17.0. The van der Waals surface area contributed by atoms with Crippen LogP contribution in [0.15, 0.2) is 52.2 Å². The Balaban J connectivity index is 1.99. The number of amidine groups is 1. The standard InChI is InChI=1S/C21H25FN6O2/c1-3-29-13-4-11-28(24)15(2)25-18(9-10-23)20-19(16-5-7-17(22)8-6-16)26-21-27(20)12-14-30-21/h5-10,12,14,23H,3-4,11,13,24H2,1-2H3/b18-9-,23-10?,25-15?. The molecule has 3 rings (SSSR count). The summed E-state index contributed by atoms with van der Waals surface area (Å²) < 4.78 is 25.9. The van der Waals surface area contributed by atoms with E-state index in [0.717, 1.165) is 12.6 Å². The second-order valence-corrected chi connectivity index (χ2v) is 6.49. The maximum atomic E-state index is 13.4. The number of halogens is 1. The number of aliphatic imine (C=N–C) groups is 1. The van der Waals surface area contributed by atoms with Gasteiger partial charge in [-0.3, -0.25) is 9.41 Å². The van der Waals surface area contributed by atoms with Crippen LogP contribution in [0.2, 0.25) is 0 Å². The van der Waals surface area contributed by atoms with Crippen molar-refractivity contribution >= 4 is 23.6 Å². The Hall–Kier alpha value is -3.30. The first kappa shape index (κ1) is 21.4. The Labute approximate surface area is 174 Å². The maximum Gasteiger partial charge on any atom is 0.306 e. The molecule has 9 heteroatoms. The summed E-state index contributed by atoms with van der Waals surface area (Å²) in [5.74, 6) is 6.74. The number of oxazole rings is 1. The second-order valence-electron chi connectivity index (χ2n) is 6.49. The summed E-state index contributed by atoms with van der Waals surface area (Å²) in [6.45, 7) is 5.60. The Morgan fingerprint density at radius 1 is 1.40 bits per heavy atom. The van der Waals surface area contributed by atoms with Crippen LogP contribution in [-0.2, 0) is 4.74 Å². The second kappa shape index (κ2) is 9.95. The number of ether oxygens (including phenoxy) is 1. The van der Waals surface area contributed by atoms with Gasteiger partial charge in [0.1, 0.15) is 29.3 Å². The molecule has 0 saturated heterocycles. The van der Waals surface area contributed by atoms with Crippen molar-refractivity contribution in [1.82, 2.24) is 14.4 Å². The van der Waals surface area contributed by atoms with Gasteiger partial charge < -0.3 is 14.6 Å². The van der Waals surface area contributed by atoms with Crippen molar-refractivity contribution in [3.05, 3.63) is 54.3 Å². The highest BCUT2D eigenvalue weighted by molar-refractivity contribution is 5.93. The molecule has 8 nitrogen and oxygen atoms in total. The van der Waals surface area contributed by atoms with Crippen LogP contribution >= 0.6 is 0 Å². The molecule has 30 heavy (non-hydrogen) atoms. The quantitative estimate of drug-likeness (QED) is 0.183. The number of allylic oxidation sites excluding steroid dienone is 1. The van der Waals surface area contributed by atoms with Gasteiger partial charge in [-0.1, -0.05) is 0 Å². The molecular weight excluding hydrogens is 387 g/mol. The first-order valence-electron chi connectivity index (χ1n) is 9.63. The lowest BCUT2D eigenvalue weighted by Gasteiger charge is -2.18. The monoisotopic (exact) mass is 412 g/mol. The molecular formula is C21H25FN6O2. The van der Waals surface area contributed by atoms with E-state index in [2.05, 4.69) is 9.98 Å². The van der Waals surface area contributed by atoms with E-state index >= 15 is 0 Å². The highest BCUT2D eigenvalue weighted by Gasteiger charge is 2.20. The normalized spacial score (nSPS) is 12.5. The number of nitrogens with zero attached hydrogens (tertiary/aromatic N) is 4. The minimum absolute atomic E-state index is 0.335. The van der Waals surface area contributed by atoms with Gasteiger partial charge in [0.15, 0.2) is 0 Å². The third-order valence-electron chi connectivity index (χ3n) is 4.45. The van der Waals surface area contributed by atoms with E-state index in [-0.39, 0.29) is 5.82 Å². The molecule has 2 aromatic heterocycles. The molecule has 3 N–H and O–H groups in total. The fourth-order valence-electron chi connectivity index (χ4n) is 2.97. The molecule has 158 valence electrons. The van der Waals surface area contributed by atoms with Crippen LogP contribution in [0.1, 0.15) is 26.0 Å². The van der Waals surface area contributed by atoms with Gasteiger partial charge in [-0.05, 0) is 50.6 Å². The third kappa shape index (κ3) is 4.81. The summed E-state index contributed by atoms with van der Waals surface area (Å²) in [4.78, 5) is 9.18. The Morgan fingerprint density at radius 3 is 2.87 bits per heavy atom. The van der Waals surface area contributed by atoms with E-state index in [0.29, 0.717) is 54.1 Å². The lowest BCUT2D eigenvalue weighted by atomic mass is 10.1. The van der Waals surface area contributed by atoms with Gasteiger partial charge >= 0.3 is 5.84 Å². The Kier molecular flexibility index (Phi) is 7.10. The molecule has 0 aliphatic heterocycles. The first-order chi connectivity index (χ1) is 14.5. The number of imidazole rings is 1. The van der Waals surface area contributed by atoms with Crippen molar-refractivity contribution in [3.63, 3.8) is 0 Å². The molecule has 2 heterocycles. The van der Waals surface area contributed by atoms with Crippen LogP contribution in [0.4, 0.5) is 4.39 Å². The molecule has 3 aromatic rings. The molecule has 0 unspecified atom stereocenters. The predicted molar refractivity (Wildman–Crippen MR) is 115 cm³/mol. The van der Waals surface area contributed by atoms with Crippen LogP contribution in [0.25, 0.3) is 22.8 Å². The van der Waals surface area contributed by atoms with E-state index in [1.165, 1.54) is 18.4 Å². The first-order valence-corrected chi connectivity index (χ1v) is 9.63. The summed E-state index contributed by atoms with van der Waals surface area (Å²) in [5.41, 5.74) is 2.38. The Morgan fingerprint density at radius 2 is 2.17 bits per heavy atom. The number of rotatable bonds is 9. The number of nitrogens with one attached hydrogen (secondary N) is 1. The number of fused-ring (bicyclic) bond motifs is 1. The third-order valence-corrected chi connectivity index (χ3v) is 4.45. The average Bonchev–Trinajstić information content (AvgIpc) is 3.32. The van der Waals surface area contributed by atoms with E-state index in [4.69, 9.17) is 20.4 Å². The molecule has 0 aliphatic carbocycles. The summed E-state index contributed by atoms with van der Waals surface area (Å²) in [6.07, 6.45) is 6.70. The molecule has 0 aliphatic rings. The predicted octanol–water partition coefficient (Wildman–Crippen LogP) is 3.74. The van der Waals surface area contributed by atoms with E-state index in [1.807, 2.05) is 6.92 Å². The topological polar surface area (TPSA) is 105 Å². The molecule has 0 fully saturated rings. The van der Waals surface area contributed by atoms with Crippen molar-refractivity contribution in [1.29, 1.82) is 5.41 Å². The van der Waals surface area contributed by atoms with E-state index in [9.17, 15) is 4.39 Å². The lowest BCUT2D eigenvalue weighted by Crippen LogP contribution is -2.37. The minimum Gasteiger partial charge on any atom is -0.432 e. The van der Waals surface area contributed by atoms with Crippen molar-refractivity contribution < 1.29 is 13.5 Å². The number of benzene rings is 1. The zero-order valence-electron chi connectivity index (χ0n) is 17.0. The summed E-state index contributed by atoms with van der Waals surface area (Å²) in [5, 5.41) is 9.13. The van der Waals surface area contributed by atoms with Gasteiger partial charge in [0.2, 0.25) is 0 Å². The largest absolute Gasteiger partial charge is 0.432 e. The number of aromatic nitrogens is 2. The van der Waals surface area contributed by atoms with Gasteiger partial charge in [0, 0.05) is 37.7 Å². The molecule has 0 radical (unpaired) electrons. The highest BCUT2D eigenvalue weighted by atomic mass is 19.1. The lowest BCUT2D eigenvalue weighted by molar-refractivity contribution is 0.139. The van der Waals surface area contributed by atoms with Crippen molar-refractivity contribution in [2.24, 2.45) is 10.8 Å². The number of hydrogen-bond donors (Lipinski definition) is 2. The SMILES string of the molecule is CCOCCCN(N)C(C)=N/C(=C\C=N)c1c(-c2ccc(F)cc2)nc2occn12. The van der Waals surface area contributed by atoms with Crippen molar-refractivity contribution in [2.45, 2.75) is 20.3 Å². The molecule has 0 saturated carbocycles. The number of nitrogens with two attached hydrogens (primary N) is 1. The van der Waals surface area contributed by atoms with E-state index in [1.54, 1.807) is 40.7 Å². The smallest absolute Gasteiger partial charge is 0.306 e. The average molecular weight is 412 g/mol. The fourth-order valence-corrected chi connectivity index (χ4v) is 2.97. The molecule has 0 spiro atoms. The van der Waals surface area contributed by atoms with Crippen LogP contribution in [0, 0.1) is 11.2 Å².